The first-order valence-corrected chi connectivity index (χ1v) is 7.82. The van der Waals surface area contributed by atoms with Crippen LogP contribution < -0.4 is 5.73 Å². The Balaban J connectivity index is 2.08. The van der Waals surface area contributed by atoms with E-state index in [2.05, 4.69) is 22.2 Å². The Hall–Kier alpha value is -1.82. The van der Waals surface area contributed by atoms with Crippen molar-refractivity contribution in [2.75, 3.05) is 6.26 Å². The Morgan fingerprint density at radius 3 is 2.75 bits per heavy atom. The van der Waals surface area contributed by atoms with Crippen LogP contribution in [0.5, 0.6) is 0 Å². The van der Waals surface area contributed by atoms with Gasteiger partial charge in [-0.1, -0.05) is 30.3 Å². The molecular formula is C14H18N4OS. The summed E-state index contributed by atoms with van der Waals surface area (Å²) in [6, 6.07) is 10.2. The van der Waals surface area contributed by atoms with E-state index in [0.29, 0.717) is 5.82 Å². The van der Waals surface area contributed by atoms with Gasteiger partial charge in [0.05, 0.1) is 12.2 Å². The number of primary amides is 1. The van der Waals surface area contributed by atoms with Crippen LogP contribution in [0, 0.1) is 0 Å². The van der Waals surface area contributed by atoms with E-state index in [1.165, 1.54) is 5.56 Å². The van der Waals surface area contributed by atoms with Gasteiger partial charge in [-0.2, -0.15) is 16.9 Å². The molecule has 2 N–H and O–H groups in total. The number of hydrogen-bond donors (Lipinski definition) is 1. The number of benzene rings is 1. The van der Waals surface area contributed by atoms with Crippen molar-refractivity contribution < 1.29 is 4.79 Å². The van der Waals surface area contributed by atoms with Gasteiger partial charge in [-0.05, 0) is 18.2 Å². The molecule has 0 aliphatic carbocycles. The van der Waals surface area contributed by atoms with E-state index < -0.39 is 5.91 Å². The van der Waals surface area contributed by atoms with Crippen molar-refractivity contribution in [2.45, 2.75) is 25.1 Å². The van der Waals surface area contributed by atoms with Gasteiger partial charge in [0.15, 0.2) is 5.82 Å². The fraction of sp³-hybridized carbons (Fsp3) is 0.357. The Kier molecular flexibility index (Phi) is 5.17. The molecule has 0 fully saturated rings. The van der Waals surface area contributed by atoms with Crippen LogP contribution in [-0.4, -0.2) is 26.9 Å². The lowest BCUT2D eigenvalue weighted by atomic mass is 10.1. The van der Waals surface area contributed by atoms with Gasteiger partial charge < -0.3 is 5.73 Å². The van der Waals surface area contributed by atoms with E-state index in [-0.39, 0.29) is 6.42 Å². The van der Waals surface area contributed by atoms with Gasteiger partial charge in [0.25, 0.3) is 0 Å². The minimum absolute atomic E-state index is 0.0969. The molecule has 20 heavy (non-hydrogen) atoms. The molecule has 0 radical (unpaired) electrons. The second kappa shape index (κ2) is 7.09. The summed E-state index contributed by atoms with van der Waals surface area (Å²) < 4.78 is 1.88. The highest BCUT2D eigenvalue weighted by Crippen LogP contribution is 2.10. The number of thioether (sulfide) groups is 1. The molecule has 0 saturated heterocycles. The first-order chi connectivity index (χ1) is 9.69. The normalized spacial score (nSPS) is 10.7. The highest BCUT2D eigenvalue weighted by molar-refractivity contribution is 7.97. The number of aryl methyl sites for hydroxylation is 2. The molecule has 2 rings (SSSR count). The zero-order chi connectivity index (χ0) is 14.4. The summed E-state index contributed by atoms with van der Waals surface area (Å²) in [5, 5.41) is 4.38. The molecule has 106 valence electrons. The van der Waals surface area contributed by atoms with Crippen molar-refractivity contribution in [3.63, 3.8) is 0 Å². The van der Waals surface area contributed by atoms with Gasteiger partial charge in [0.2, 0.25) is 5.91 Å². The number of carbonyl (C=O) groups excluding carboxylic acids is 1. The van der Waals surface area contributed by atoms with Gasteiger partial charge in [-0.15, -0.1) is 0 Å². The van der Waals surface area contributed by atoms with Crippen molar-refractivity contribution in [1.82, 2.24) is 14.8 Å². The number of amides is 1. The van der Waals surface area contributed by atoms with Gasteiger partial charge in [-0.3, -0.25) is 4.79 Å². The average molecular weight is 290 g/mol. The monoisotopic (exact) mass is 290 g/mol. The topological polar surface area (TPSA) is 73.8 Å². The van der Waals surface area contributed by atoms with E-state index in [1.54, 1.807) is 11.8 Å². The standard InChI is InChI=1S/C14H18N4OS/c1-20-10-14-16-13(9-12(15)19)17-18(14)8-7-11-5-3-2-4-6-11/h2-6H,7-10H2,1H3,(H2,15,19). The molecule has 1 aromatic heterocycles. The summed E-state index contributed by atoms with van der Waals surface area (Å²) in [4.78, 5) is 15.3. The van der Waals surface area contributed by atoms with E-state index >= 15 is 0 Å². The quantitative estimate of drug-likeness (QED) is 0.836. The minimum atomic E-state index is -0.402. The molecule has 0 aliphatic rings. The number of rotatable bonds is 7. The lowest BCUT2D eigenvalue weighted by Crippen LogP contribution is -2.15. The first kappa shape index (κ1) is 14.6. The maximum atomic E-state index is 11.0. The van der Waals surface area contributed by atoms with E-state index in [1.807, 2.05) is 29.1 Å². The molecule has 6 heteroatoms. The maximum Gasteiger partial charge on any atom is 0.225 e. The second-order valence-electron chi connectivity index (χ2n) is 4.48. The third kappa shape index (κ3) is 4.09. The molecule has 5 nitrogen and oxygen atoms in total. The number of aromatic nitrogens is 3. The molecule has 0 unspecified atom stereocenters. The van der Waals surface area contributed by atoms with Gasteiger partial charge in [0.1, 0.15) is 5.82 Å². The number of hydrogen-bond acceptors (Lipinski definition) is 4. The minimum Gasteiger partial charge on any atom is -0.369 e. The fourth-order valence-corrected chi connectivity index (χ4v) is 2.42. The molecule has 0 atom stereocenters. The molecule has 1 amide bonds. The van der Waals surface area contributed by atoms with Gasteiger partial charge >= 0.3 is 0 Å². The SMILES string of the molecule is CSCc1nc(CC(N)=O)nn1CCc1ccccc1. The Morgan fingerprint density at radius 2 is 2.10 bits per heavy atom. The molecule has 0 saturated carbocycles. The van der Waals surface area contributed by atoms with Gasteiger partial charge in [0, 0.05) is 6.54 Å². The van der Waals surface area contributed by atoms with Crippen LogP contribution in [0.2, 0.25) is 0 Å². The zero-order valence-corrected chi connectivity index (χ0v) is 12.3. The largest absolute Gasteiger partial charge is 0.369 e. The summed E-state index contributed by atoms with van der Waals surface area (Å²) >= 11 is 1.68. The molecule has 0 bridgehead atoms. The van der Waals surface area contributed by atoms with Crippen LogP contribution in [0.25, 0.3) is 0 Å². The van der Waals surface area contributed by atoms with Gasteiger partial charge in [-0.25, -0.2) is 9.67 Å². The second-order valence-corrected chi connectivity index (χ2v) is 5.35. The third-order valence-corrected chi connectivity index (χ3v) is 3.40. The van der Waals surface area contributed by atoms with E-state index in [4.69, 9.17) is 5.73 Å². The first-order valence-electron chi connectivity index (χ1n) is 6.43. The molecule has 0 aliphatic heterocycles. The summed E-state index contributed by atoms with van der Waals surface area (Å²) in [6.45, 7) is 0.756. The summed E-state index contributed by atoms with van der Waals surface area (Å²) in [6.07, 6.45) is 3.01. The van der Waals surface area contributed by atoms with E-state index in [0.717, 1.165) is 24.5 Å². The third-order valence-electron chi connectivity index (χ3n) is 2.85. The smallest absolute Gasteiger partial charge is 0.225 e. The van der Waals surface area contributed by atoms with Crippen LogP contribution in [0.15, 0.2) is 30.3 Å². The van der Waals surface area contributed by atoms with Crippen LogP contribution in [0.4, 0.5) is 0 Å². The van der Waals surface area contributed by atoms with Crippen LogP contribution in [0.1, 0.15) is 17.2 Å². The zero-order valence-electron chi connectivity index (χ0n) is 11.5. The van der Waals surface area contributed by atoms with Crippen molar-refractivity contribution in [1.29, 1.82) is 0 Å². The Labute approximate surface area is 122 Å². The lowest BCUT2D eigenvalue weighted by Gasteiger charge is -2.05. The average Bonchev–Trinajstić information content (AvgIpc) is 2.79. The van der Waals surface area contributed by atoms with E-state index in [9.17, 15) is 4.79 Å². The molecular weight excluding hydrogens is 272 g/mol. The van der Waals surface area contributed by atoms with Crippen molar-refractivity contribution in [3.05, 3.63) is 47.5 Å². The fourth-order valence-electron chi connectivity index (χ4n) is 1.95. The summed E-state index contributed by atoms with van der Waals surface area (Å²) in [5.41, 5.74) is 6.45. The highest BCUT2D eigenvalue weighted by atomic mass is 32.2. The molecule has 1 aromatic carbocycles. The summed E-state index contributed by atoms with van der Waals surface area (Å²) in [7, 11) is 0. The molecule has 1 heterocycles. The maximum absolute atomic E-state index is 11.0. The number of nitrogens with two attached hydrogens (primary N) is 1. The van der Waals surface area contributed by atoms with Crippen LogP contribution in [-0.2, 0) is 29.9 Å². The van der Waals surface area contributed by atoms with Crippen LogP contribution in [0.3, 0.4) is 0 Å². The summed E-state index contributed by atoms with van der Waals surface area (Å²) in [5.74, 6) is 1.78. The lowest BCUT2D eigenvalue weighted by molar-refractivity contribution is -0.117. The predicted octanol–water partition coefficient (Wildman–Crippen LogP) is 1.41. The molecule has 2 aromatic rings. The predicted molar refractivity (Wildman–Crippen MR) is 80.3 cm³/mol. The highest BCUT2D eigenvalue weighted by Gasteiger charge is 2.11. The number of nitrogens with zero attached hydrogens (tertiary/aromatic N) is 3. The van der Waals surface area contributed by atoms with Crippen molar-refractivity contribution in [3.8, 4) is 0 Å². The Bertz CT molecular complexity index is 568. The van der Waals surface area contributed by atoms with Crippen molar-refractivity contribution in [2.24, 2.45) is 5.73 Å². The number of carbonyl (C=O) groups is 1. The Morgan fingerprint density at radius 1 is 1.35 bits per heavy atom. The van der Waals surface area contributed by atoms with Crippen molar-refractivity contribution >= 4 is 17.7 Å². The molecule has 0 spiro atoms. The van der Waals surface area contributed by atoms with Crippen LogP contribution >= 0.6 is 11.8 Å².